The van der Waals surface area contributed by atoms with Crippen molar-refractivity contribution >= 4 is 28.9 Å². The molecule has 22 heavy (non-hydrogen) atoms. The first kappa shape index (κ1) is 16.5. The molecule has 6 heteroatoms. The molecule has 0 bridgehead atoms. The maximum atomic E-state index is 6.33. The highest BCUT2D eigenvalue weighted by Crippen LogP contribution is 2.30. The molecule has 0 unspecified atom stereocenters. The Labute approximate surface area is 136 Å². The largest absolute Gasteiger partial charge is 0.383 e. The average molecular weight is 321 g/mol. The number of aromatic nitrogens is 2. The summed E-state index contributed by atoms with van der Waals surface area (Å²) in [6, 6.07) is 5.88. The summed E-state index contributed by atoms with van der Waals surface area (Å²) in [7, 11) is 1.67. The zero-order valence-electron chi connectivity index (χ0n) is 13.3. The topological polar surface area (TPSA) is 59.1 Å². The molecular formula is C16H21ClN4O. The van der Waals surface area contributed by atoms with Crippen LogP contribution in [0.25, 0.3) is 0 Å². The molecule has 0 fully saturated rings. The van der Waals surface area contributed by atoms with Gasteiger partial charge in [0.05, 0.1) is 17.3 Å². The third-order valence-electron chi connectivity index (χ3n) is 3.14. The molecule has 0 saturated heterocycles. The number of ether oxygens (including phenoxy) is 1. The van der Waals surface area contributed by atoms with Crippen LogP contribution < -0.4 is 10.6 Å². The first-order valence-corrected chi connectivity index (χ1v) is 7.49. The van der Waals surface area contributed by atoms with Crippen LogP contribution in [-0.2, 0) is 4.74 Å². The van der Waals surface area contributed by atoms with Crippen LogP contribution in [0.15, 0.2) is 18.2 Å². The number of nitrogens with zero attached hydrogens (tertiary/aromatic N) is 2. The van der Waals surface area contributed by atoms with E-state index < -0.39 is 0 Å². The normalized spacial score (nSPS) is 10.6. The van der Waals surface area contributed by atoms with Gasteiger partial charge in [0.2, 0.25) is 0 Å². The molecule has 2 aromatic rings. The lowest BCUT2D eigenvalue weighted by molar-refractivity contribution is 0.210. The molecule has 5 nitrogen and oxygen atoms in total. The third kappa shape index (κ3) is 4.32. The van der Waals surface area contributed by atoms with Gasteiger partial charge in [-0.05, 0) is 38.0 Å². The van der Waals surface area contributed by atoms with Crippen molar-refractivity contribution in [1.29, 1.82) is 0 Å². The maximum Gasteiger partial charge on any atom is 0.136 e. The van der Waals surface area contributed by atoms with E-state index in [-0.39, 0.29) is 0 Å². The summed E-state index contributed by atoms with van der Waals surface area (Å²) < 4.78 is 5.02. The van der Waals surface area contributed by atoms with E-state index in [4.69, 9.17) is 16.3 Å². The summed E-state index contributed by atoms with van der Waals surface area (Å²) >= 11 is 6.33. The SMILES string of the molecule is COCCNc1cc(Nc2c(C)cc(C)cc2Cl)nc(C)n1. The number of nitrogens with one attached hydrogen (secondary N) is 2. The summed E-state index contributed by atoms with van der Waals surface area (Å²) in [6.45, 7) is 7.21. The molecule has 0 amide bonds. The molecule has 118 valence electrons. The molecule has 2 rings (SSSR count). The van der Waals surface area contributed by atoms with Crippen molar-refractivity contribution in [3.05, 3.63) is 40.2 Å². The van der Waals surface area contributed by atoms with Crippen LogP contribution in [0.4, 0.5) is 17.3 Å². The monoisotopic (exact) mass is 320 g/mol. The number of anilines is 3. The minimum Gasteiger partial charge on any atom is -0.383 e. The van der Waals surface area contributed by atoms with Crippen molar-refractivity contribution in [1.82, 2.24) is 9.97 Å². The van der Waals surface area contributed by atoms with Gasteiger partial charge in [-0.3, -0.25) is 0 Å². The highest BCUT2D eigenvalue weighted by molar-refractivity contribution is 6.33. The fraction of sp³-hybridized carbons (Fsp3) is 0.375. The Morgan fingerprint density at radius 1 is 1.09 bits per heavy atom. The Kier molecular flexibility index (Phi) is 5.57. The van der Waals surface area contributed by atoms with Crippen molar-refractivity contribution in [2.24, 2.45) is 0 Å². The lowest BCUT2D eigenvalue weighted by atomic mass is 10.1. The number of hydrogen-bond acceptors (Lipinski definition) is 5. The summed E-state index contributed by atoms with van der Waals surface area (Å²) in [4.78, 5) is 8.77. The molecule has 0 atom stereocenters. The van der Waals surface area contributed by atoms with E-state index >= 15 is 0 Å². The number of halogens is 1. The van der Waals surface area contributed by atoms with Crippen molar-refractivity contribution in [3.8, 4) is 0 Å². The van der Waals surface area contributed by atoms with Crippen molar-refractivity contribution in [3.63, 3.8) is 0 Å². The first-order valence-electron chi connectivity index (χ1n) is 7.12. The molecule has 1 aromatic carbocycles. The Morgan fingerprint density at radius 3 is 2.50 bits per heavy atom. The highest BCUT2D eigenvalue weighted by atomic mass is 35.5. The Morgan fingerprint density at radius 2 is 1.82 bits per heavy atom. The number of rotatable bonds is 6. The van der Waals surface area contributed by atoms with Gasteiger partial charge in [0.1, 0.15) is 17.5 Å². The van der Waals surface area contributed by atoms with E-state index in [0.29, 0.717) is 29.8 Å². The molecule has 2 N–H and O–H groups in total. The minimum atomic E-state index is 0.620. The van der Waals surface area contributed by atoms with Gasteiger partial charge in [-0.25, -0.2) is 9.97 Å². The van der Waals surface area contributed by atoms with Gasteiger partial charge >= 0.3 is 0 Å². The summed E-state index contributed by atoms with van der Waals surface area (Å²) in [5.41, 5.74) is 3.08. The number of methoxy groups -OCH3 is 1. The molecule has 0 saturated carbocycles. The summed E-state index contributed by atoms with van der Waals surface area (Å²) in [5, 5.41) is 7.17. The van der Waals surface area contributed by atoms with Gasteiger partial charge in [-0.1, -0.05) is 17.7 Å². The van der Waals surface area contributed by atoms with E-state index in [9.17, 15) is 0 Å². The molecule has 0 aliphatic rings. The lowest BCUT2D eigenvalue weighted by Gasteiger charge is -2.13. The van der Waals surface area contributed by atoms with E-state index in [1.54, 1.807) is 7.11 Å². The second-order valence-corrected chi connectivity index (χ2v) is 5.58. The number of hydrogen-bond donors (Lipinski definition) is 2. The molecule has 0 aliphatic carbocycles. The zero-order chi connectivity index (χ0) is 16.1. The average Bonchev–Trinajstić information content (AvgIpc) is 2.42. The van der Waals surface area contributed by atoms with Crippen LogP contribution in [0.2, 0.25) is 5.02 Å². The smallest absolute Gasteiger partial charge is 0.136 e. The van der Waals surface area contributed by atoms with E-state index in [1.807, 2.05) is 32.9 Å². The van der Waals surface area contributed by atoms with E-state index in [2.05, 4.69) is 26.7 Å². The van der Waals surface area contributed by atoms with Crippen LogP contribution in [0.3, 0.4) is 0 Å². The molecule has 0 aliphatic heterocycles. The van der Waals surface area contributed by atoms with Gasteiger partial charge in [0.25, 0.3) is 0 Å². The van der Waals surface area contributed by atoms with Crippen LogP contribution in [0, 0.1) is 20.8 Å². The first-order chi connectivity index (χ1) is 10.5. The summed E-state index contributed by atoms with van der Waals surface area (Å²) in [6.07, 6.45) is 0. The molecule has 0 spiro atoms. The standard InChI is InChI=1S/C16H21ClN4O/c1-10-7-11(2)16(13(17)8-10)21-15-9-14(18-5-6-22-4)19-12(3)20-15/h7-9H,5-6H2,1-4H3,(H2,18,19,20,21). The second kappa shape index (κ2) is 7.42. The van der Waals surface area contributed by atoms with Crippen LogP contribution in [0.5, 0.6) is 0 Å². The maximum absolute atomic E-state index is 6.33. The van der Waals surface area contributed by atoms with Crippen molar-refractivity contribution in [2.75, 3.05) is 30.9 Å². The molecule has 0 radical (unpaired) electrons. The molecule has 1 aromatic heterocycles. The zero-order valence-corrected chi connectivity index (χ0v) is 14.1. The van der Waals surface area contributed by atoms with Gasteiger partial charge in [0, 0.05) is 19.7 Å². The van der Waals surface area contributed by atoms with Crippen LogP contribution >= 0.6 is 11.6 Å². The van der Waals surface area contributed by atoms with Crippen LogP contribution in [-0.4, -0.2) is 30.2 Å². The quantitative estimate of drug-likeness (QED) is 0.791. The van der Waals surface area contributed by atoms with Gasteiger partial charge in [-0.2, -0.15) is 0 Å². The minimum absolute atomic E-state index is 0.620. The Balaban J connectivity index is 2.22. The van der Waals surface area contributed by atoms with E-state index in [0.717, 1.165) is 22.6 Å². The van der Waals surface area contributed by atoms with Gasteiger partial charge in [0.15, 0.2) is 0 Å². The molecular weight excluding hydrogens is 300 g/mol. The predicted molar refractivity (Wildman–Crippen MR) is 91.3 cm³/mol. The fourth-order valence-corrected chi connectivity index (χ4v) is 2.57. The lowest BCUT2D eigenvalue weighted by Crippen LogP contribution is -2.10. The number of benzene rings is 1. The van der Waals surface area contributed by atoms with Gasteiger partial charge in [-0.15, -0.1) is 0 Å². The fourth-order valence-electron chi connectivity index (χ4n) is 2.21. The second-order valence-electron chi connectivity index (χ2n) is 5.17. The van der Waals surface area contributed by atoms with Gasteiger partial charge < -0.3 is 15.4 Å². The predicted octanol–water partition coefficient (Wildman–Crippen LogP) is 3.86. The third-order valence-corrected chi connectivity index (χ3v) is 3.43. The Hall–Kier alpha value is -1.85. The van der Waals surface area contributed by atoms with Crippen molar-refractivity contribution in [2.45, 2.75) is 20.8 Å². The highest BCUT2D eigenvalue weighted by Gasteiger charge is 2.08. The van der Waals surface area contributed by atoms with E-state index in [1.165, 1.54) is 0 Å². The summed E-state index contributed by atoms with van der Waals surface area (Å²) in [5.74, 6) is 2.15. The van der Waals surface area contributed by atoms with Crippen molar-refractivity contribution < 1.29 is 4.74 Å². The Bertz CT molecular complexity index is 638. The van der Waals surface area contributed by atoms with Crippen LogP contribution in [0.1, 0.15) is 17.0 Å². The molecule has 1 heterocycles. The number of aryl methyl sites for hydroxylation is 3.